The van der Waals surface area contributed by atoms with E-state index in [1.165, 1.54) is 5.56 Å². The number of amides is 1. The highest BCUT2D eigenvalue weighted by atomic mass is 16.6. The van der Waals surface area contributed by atoms with Crippen molar-refractivity contribution in [1.82, 2.24) is 5.32 Å². The van der Waals surface area contributed by atoms with E-state index in [0.29, 0.717) is 5.92 Å². The van der Waals surface area contributed by atoms with Crippen LogP contribution in [0.5, 0.6) is 0 Å². The normalized spacial score (nSPS) is 19.4. The molecule has 1 fully saturated rings. The Kier molecular flexibility index (Phi) is 6.02. The average molecular weight is 320 g/mol. The molecule has 0 saturated carbocycles. The smallest absolute Gasteiger partial charge is 0.412 e. The number of nitrogens with one attached hydrogen (secondary N) is 2. The monoisotopic (exact) mass is 320 g/mol. The summed E-state index contributed by atoms with van der Waals surface area (Å²) in [5.74, 6) is 0.616. The molecule has 2 unspecified atom stereocenters. The van der Waals surface area contributed by atoms with Crippen molar-refractivity contribution in [1.29, 1.82) is 0 Å². The Morgan fingerprint density at radius 3 is 2.61 bits per heavy atom. The highest BCUT2D eigenvalue weighted by molar-refractivity contribution is 5.84. The summed E-state index contributed by atoms with van der Waals surface area (Å²) in [4.78, 5) is 11.7. The van der Waals surface area contributed by atoms with E-state index in [0.717, 1.165) is 31.9 Å². The molecule has 0 aliphatic carbocycles. The Morgan fingerprint density at radius 1 is 1.35 bits per heavy atom. The molecule has 1 amide bonds. The van der Waals surface area contributed by atoms with E-state index in [9.17, 15) is 4.79 Å². The fraction of sp³-hybridized carbons (Fsp3) is 0.611. The number of anilines is 1. The summed E-state index contributed by atoms with van der Waals surface area (Å²) in [5, 5.41) is 6.28. The second-order valence-corrected chi connectivity index (χ2v) is 7.11. The van der Waals surface area contributed by atoms with E-state index in [2.05, 4.69) is 17.6 Å². The van der Waals surface area contributed by atoms with Gasteiger partial charge in [0.2, 0.25) is 0 Å². The zero-order valence-electron chi connectivity index (χ0n) is 14.5. The van der Waals surface area contributed by atoms with Gasteiger partial charge in [-0.05, 0) is 57.7 Å². The molecule has 23 heavy (non-hydrogen) atoms. The maximum Gasteiger partial charge on any atom is 0.412 e. The van der Waals surface area contributed by atoms with Crippen LogP contribution in [0.2, 0.25) is 0 Å². The van der Waals surface area contributed by atoms with Crippen LogP contribution in [-0.4, -0.2) is 31.5 Å². The Morgan fingerprint density at radius 2 is 2.04 bits per heavy atom. The quantitative estimate of drug-likeness (QED) is 0.868. The minimum atomic E-state index is -0.494. The van der Waals surface area contributed by atoms with Crippen LogP contribution in [0.15, 0.2) is 24.3 Å². The first-order valence-corrected chi connectivity index (χ1v) is 8.24. The molecular formula is C18H28N2O3. The fourth-order valence-corrected chi connectivity index (χ4v) is 2.48. The van der Waals surface area contributed by atoms with Gasteiger partial charge in [-0.15, -0.1) is 0 Å². The van der Waals surface area contributed by atoms with Crippen molar-refractivity contribution < 1.29 is 14.3 Å². The average Bonchev–Trinajstić information content (AvgIpc) is 2.96. The van der Waals surface area contributed by atoms with Crippen LogP contribution in [0.1, 0.15) is 45.7 Å². The third kappa shape index (κ3) is 6.20. The van der Waals surface area contributed by atoms with Gasteiger partial charge in [0.25, 0.3) is 0 Å². The van der Waals surface area contributed by atoms with Crippen molar-refractivity contribution in [2.45, 2.75) is 45.8 Å². The maximum atomic E-state index is 11.7. The molecule has 1 saturated heterocycles. The van der Waals surface area contributed by atoms with Crippen molar-refractivity contribution in [3.05, 3.63) is 29.8 Å². The van der Waals surface area contributed by atoms with Gasteiger partial charge in [-0.1, -0.05) is 12.1 Å². The zero-order chi connectivity index (χ0) is 16.9. The molecule has 0 aromatic heterocycles. The van der Waals surface area contributed by atoms with Gasteiger partial charge >= 0.3 is 6.09 Å². The van der Waals surface area contributed by atoms with Gasteiger partial charge in [-0.3, -0.25) is 5.32 Å². The maximum absolute atomic E-state index is 11.7. The molecule has 1 aromatic carbocycles. The number of ether oxygens (including phenoxy) is 2. The Hall–Kier alpha value is -1.59. The first-order valence-electron chi connectivity index (χ1n) is 8.24. The lowest BCUT2D eigenvalue weighted by atomic mass is 10.1. The molecule has 1 aliphatic heterocycles. The fourth-order valence-electron chi connectivity index (χ4n) is 2.48. The molecule has 128 valence electrons. The largest absolute Gasteiger partial charge is 0.444 e. The minimum Gasteiger partial charge on any atom is -0.444 e. The van der Waals surface area contributed by atoms with Crippen molar-refractivity contribution in [3.8, 4) is 0 Å². The molecule has 5 heteroatoms. The predicted octanol–water partition coefficient (Wildman–Crippen LogP) is 3.72. The summed E-state index contributed by atoms with van der Waals surface area (Å²) in [6.45, 7) is 10.4. The summed E-state index contributed by atoms with van der Waals surface area (Å²) in [5.41, 5.74) is 1.44. The highest BCUT2D eigenvalue weighted by Gasteiger charge is 2.17. The highest BCUT2D eigenvalue weighted by Crippen LogP contribution is 2.18. The SMILES string of the molecule is CC(NCC1CCOC1)c1ccc(NC(=O)OC(C)(C)C)cc1. The summed E-state index contributed by atoms with van der Waals surface area (Å²) in [7, 11) is 0. The molecule has 0 bridgehead atoms. The zero-order valence-corrected chi connectivity index (χ0v) is 14.5. The number of rotatable bonds is 5. The molecule has 2 N–H and O–H groups in total. The Labute approximate surface area is 138 Å². The molecule has 2 atom stereocenters. The Balaban J connectivity index is 1.82. The van der Waals surface area contributed by atoms with Crippen molar-refractivity contribution in [3.63, 3.8) is 0 Å². The van der Waals surface area contributed by atoms with Crippen molar-refractivity contribution in [2.24, 2.45) is 5.92 Å². The molecule has 0 radical (unpaired) electrons. The predicted molar refractivity (Wildman–Crippen MR) is 91.6 cm³/mol. The van der Waals surface area contributed by atoms with E-state index in [1.807, 2.05) is 45.0 Å². The van der Waals surface area contributed by atoms with Crippen LogP contribution in [0.25, 0.3) is 0 Å². The number of hydrogen-bond donors (Lipinski definition) is 2. The van der Waals surface area contributed by atoms with E-state index in [1.54, 1.807) is 0 Å². The first kappa shape index (κ1) is 17.8. The van der Waals surface area contributed by atoms with Crippen LogP contribution in [0.4, 0.5) is 10.5 Å². The molecule has 1 aliphatic rings. The summed E-state index contributed by atoms with van der Waals surface area (Å²) in [6, 6.07) is 8.11. The summed E-state index contributed by atoms with van der Waals surface area (Å²) in [6.07, 6.45) is 0.705. The minimum absolute atomic E-state index is 0.270. The molecule has 5 nitrogen and oxygen atoms in total. The third-order valence-electron chi connectivity index (χ3n) is 3.79. The van der Waals surface area contributed by atoms with Crippen LogP contribution in [0, 0.1) is 5.92 Å². The van der Waals surface area contributed by atoms with Gasteiger partial charge < -0.3 is 14.8 Å². The van der Waals surface area contributed by atoms with Crippen LogP contribution in [-0.2, 0) is 9.47 Å². The lowest BCUT2D eigenvalue weighted by Crippen LogP contribution is -2.27. The second kappa shape index (κ2) is 7.79. The summed E-state index contributed by atoms with van der Waals surface area (Å²) >= 11 is 0. The van der Waals surface area contributed by atoms with Crippen molar-refractivity contribution >= 4 is 11.8 Å². The van der Waals surface area contributed by atoms with E-state index in [-0.39, 0.29) is 6.04 Å². The third-order valence-corrected chi connectivity index (χ3v) is 3.79. The van der Waals surface area contributed by atoms with Gasteiger partial charge in [-0.2, -0.15) is 0 Å². The molecular weight excluding hydrogens is 292 g/mol. The van der Waals surface area contributed by atoms with Gasteiger partial charge in [0, 0.05) is 24.9 Å². The van der Waals surface area contributed by atoms with E-state index < -0.39 is 11.7 Å². The van der Waals surface area contributed by atoms with Gasteiger partial charge in [0.1, 0.15) is 5.60 Å². The molecule has 1 aromatic rings. The number of carbonyl (C=O) groups excluding carboxylic acids is 1. The topological polar surface area (TPSA) is 59.6 Å². The molecule has 2 rings (SSSR count). The number of hydrogen-bond acceptors (Lipinski definition) is 4. The summed E-state index contributed by atoms with van der Waals surface area (Å²) < 4.78 is 10.6. The Bertz CT molecular complexity index is 502. The lowest BCUT2D eigenvalue weighted by Gasteiger charge is -2.20. The van der Waals surface area contributed by atoms with Crippen molar-refractivity contribution in [2.75, 3.05) is 25.1 Å². The van der Waals surface area contributed by atoms with Gasteiger partial charge in [0.15, 0.2) is 0 Å². The van der Waals surface area contributed by atoms with Crippen LogP contribution >= 0.6 is 0 Å². The van der Waals surface area contributed by atoms with Gasteiger partial charge in [-0.25, -0.2) is 4.79 Å². The number of benzene rings is 1. The van der Waals surface area contributed by atoms with Crippen LogP contribution in [0.3, 0.4) is 0 Å². The van der Waals surface area contributed by atoms with E-state index in [4.69, 9.17) is 9.47 Å². The standard InChI is InChI=1S/C18H28N2O3/c1-13(19-11-14-9-10-22-12-14)15-5-7-16(8-6-15)20-17(21)23-18(2,3)4/h5-8,13-14,19H,9-12H2,1-4H3,(H,20,21). The lowest BCUT2D eigenvalue weighted by molar-refractivity contribution is 0.0636. The first-order chi connectivity index (χ1) is 10.8. The molecule has 0 spiro atoms. The number of carbonyl (C=O) groups is 1. The second-order valence-electron chi connectivity index (χ2n) is 7.11. The van der Waals surface area contributed by atoms with E-state index >= 15 is 0 Å². The van der Waals surface area contributed by atoms with Gasteiger partial charge in [0.05, 0.1) is 6.61 Å². The van der Waals surface area contributed by atoms with Crippen LogP contribution < -0.4 is 10.6 Å². The molecule has 1 heterocycles.